The highest BCUT2D eigenvalue weighted by molar-refractivity contribution is 6.47. The summed E-state index contributed by atoms with van der Waals surface area (Å²) in [5, 5.41) is 6.62. The molecule has 0 aliphatic carbocycles. The van der Waals surface area contributed by atoms with Crippen molar-refractivity contribution in [3.05, 3.63) is 64.7 Å². The first kappa shape index (κ1) is 21.3. The van der Waals surface area contributed by atoms with Gasteiger partial charge in [0.2, 0.25) is 5.91 Å². The van der Waals surface area contributed by atoms with Gasteiger partial charge in [0.25, 0.3) is 5.91 Å². The summed E-state index contributed by atoms with van der Waals surface area (Å²) in [4.78, 5) is 31.7. The molecule has 0 radical (unpaired) electrons. The lowest BCUT2D eigenvalue weighted by molar-refractivity contribution is -0.123. The van der Waals surface area contributed by atoms with Crippen molar-refractivity contribution in [1.82, 2.24) is 15.5 Å². The van der Waals surface area contributed by atoms with Crippen molar-refractivity contribution in [2.24, 2.45) is 4.99 Å². The number of hydrogen-bond donors (Lipinski definition) is 2. The van der Waals surface area contributed by atoms with Crippen molar-refractivity contribution in [3.63, 3.8) is 0 Å². The number of nitrogens with one attached hydrogen (secondary N) is 2. The first-order chi connectivity index (χ1) is 15.0. The maximum atomic E-state index is 12.5. The number of amides is 2. The molecular formula is C23H25ClN4O3. The molecule has 2 aromatic rings. The predicted molar refractivity (Wildman–Crippen MR) is 119 cm³/mol. The molecule has 0 saturated carbocycles. The van der Waals surface area contributed by atoms with Gasteiger partial charge in [0.1, 0.15) is 17.1 Å². The van der Waals surface area contributed by atoms with Crippen LogP contribution in [0.3, 0.4) is 0 Å². The Kier molecular flexibility index (Phi) is 6.25. The van der Waals surface area contributed by atoms with Gasteiger partial charge in [0, 0.05) is 48.6 Å². The Labute approximate surface area is 186 Å². The molecule has 0 atom stereocenters. The molecule has 4 rings (SSSR count). The average Bonchev–Trinajstić information content (AvgIpc) is 3.10. The van der Waals surface area contributed by atoms with E-state index in [-0.39, 0.29) is 11.8 Å². The molecule has 7 nitrogen and oxygen atoms in total. The zero-order chi connectivity index (χ0) is 21.8. The minimum Gasteiger partial charge on any atom is -0.496 e. The van der Waals surface area contributed by atoms with Gasteiger partial charge in [-0.1, -0.05) is 41.9 Å². The maximum absolute atomic E-state index is 12.5. The van der Waals surface area contributed by atoms with Crippen molar-refractivity contribution in [1.29, 1.82) is 0 Å². The van der Waals surface area contributed by atoms with Gasteiger partial charge in [0.05, 0.1) is 13.7 Å². The van der Waals surface area contributed by atoms with Gasteiger partial charge in [-0.05, 0) is 18.2 Å². The Morgan fingerprint density at radius 2 is 1.90 bits per heavy atom. The monoisotopic (exact) mass is 440 g/mol. The largest absolute Gasteiger partial charge is 0.496 e. The van der Waals surface area contributed by atoms with Gasteiger partial charge >= 0.3 is 0 Å². The van der Waals surface area contributed by atoms with Crippen molar-refractivity contribution in [2.45, 2.75) is 25.0 Å². The standard InChI is InChI=1S/C23H25ClN4O3/c1-31-19-5-3-2-4-17(19)14-25-20(29)15-28-12-10-23(11-13-28)26-21(22(30)27-23)16-6-8-18(24)9-7-16/h2-9H,10-15H2,1H3,(H,25,29)(H,27,30). The summed E-state index contributed by atoms with van der Waals surface area (Å²) in [6, 6.07) is 14.7. The van der Waals surface area contributed by atoms with E-state index in [0.717, 1.165) is 16.9 Å². The number of halogens is 1. The normalized spacial score (nSPS) is 17.9. The van der Waals surface area contributed by atoms with E-state index in [1.54, 1.807) is 31.4 Å². The molecule has 2 aromatic carbocycles. The number of piperidine rings is 1. The van der Waals surface area contributed by atoms with E-state index in [9.17, 15) is 9.59 Å². The summed E-state index contributed by atoms with van der Waals surface area (Å²) in [6.45, 7) is 2.10. The summed E-state index contributed by atoms with van der Waals surface area (Å²) in [6.07, 6.45) is 1.32. The first-order valence-corrected chi connectivity index (χ1v) is 10.6. The van der Waals surface area contributed by atoms with Gasteiger partial charge in [-0.2, -0.15) is 0 Å². The molecule has 0 bridgehead atoms. The van der Waals surface area contributed by atoms with E-state index >= 15 is 0 Å². The fourth-order valence-corrected chi connectivity index (χ4v) is 4.11. The molecule has 8 heteroatoms. The van der Waals surface area contributed by atoms with Crippen LogP contribution in [0.15, 0.2) is 53.5 Å². The fraction of sp³-hybridized carbons (Fsp3) is 0.348. The van der Waals surface area contributed by atoms with Crippen LogP contribution in [0, 0.1) is 0 Å². The summed E-state index contributed by atoms with van der Waals surface area (Å²) in [5.74, 6) is 0.557. The van der Waals surface area contributed by atoms with Gasteiger partial charge in [-0.15, -0.1) is 0 Å². The smallest absolute Gasteiger partial charge is 0.272 e. The Morgan fingerprint density at radius 1 is 1.19 bits per heavy atom. The second kappa shape index (κ2) is 9.08. The quantitative estimate of drug-likeness (QED) is 0.722. The third-order valence-corrected chi connectivity index (χ3v) is 5.98. The van der Waals surface area contributed by atoms with E-state index in [4.69, 9.17) is 21.3 Å². The highest BCUT2D eigenvalue weighted by Crippen LogP contribution is 2.29. The number of hydrogen-bond acceptors (Lipinski definition) is 5. The minimum atomic E-state index is -0.587. The minimum absolute atomic E-state index is 0.0392. The first-order valence-electron chi connectivity index (χ1n) is 10.3. The second-order valence-corrected chi connectivity index (χ2v) is 8.25. The van der Waals surface area contributed by atoms with Crippen LogP contribution in [0.4, 0.5) is 0 Å². The number of carbonyl (C=O) groups excluding carboxylic acids is 2. The van der Waals surface area contributed by atoms with E-state index in [0.29, 0.717) is 49.8 Å². The Bertz CT molecular complexity index is 998. The zero-order valence-corrected chi connectivity index (χ0v) is 18.1. The van der Waals surface area contributed by atoms with Crippen LogP contribution >= 0.6 is 11.6 Å². The number of methoxy groups -OCH3 is 1. The number of benzene rings is 2. The molecule has 2 aliphatic heterocycles. The third kappa shape index (κ3) is 4.89. The number of aliphatic imine (C=N–C) groups is 1. The summed E-state index contributed by atoms with van der Waals surface area (Å²) in [7, 11) is 1.62. The average molecular weight is 441 g/mol. The Morgan fingerprint density at radius 3 is 2.61 bits per heavy atom. The van der Waals surface area contributed by atoms with Crippen LogP contribution in [0.1, 0.15) is 24.0 Å². The van der Waals surface area contributed by atoms with E-state index < -0.39 is 5.66 Å². The maximum Gasteiger partial charge on any atom is 0.272 e. The van der Waals surface area contributed by atoms with Crippen molar-refractivity contribution in [2.75, 3.05) is 26.7 Å². The van der Waals surface area contributed by atoms with Crippen LogP contribution in [0.5, 0.6) is 5.75 Å². The third-order valence-electron chi connectivity index (χ3n) is 5.72. The fourth-order valence-electron chi connectivity index (χ4n) is 3.99. The van der Waals surface area contributed by atoms with Crippen molar-refractivity contribution >= 4 is 29.1 Å². The number of likely N-dealkylation sites (tertiary alicyclic amines) is 1. The lowest BCUT2D eigenvalue weighted by atomic mass is 9.98. The molecule has 0 unspecified atom stereocenters. The predicted octanol–water partition coefficient (Wildman–Crippen LogP) is 2.38. The van der Waals surface area contributed by atoms with Crippen molar-refractivity contribution in [3.8, 4) is 5.75 Å². The molecule has 2 aliphatic rings. The van der Waals surface area contributed by atoms with Gasteiger partial charge in [0.15, 0.2) is 0 Å². The van der Waals surface area contributed by atoms with Crippen LogP contribution in [-0.2, 0) is 16.1 Å². The van der Waals surface area contributed by atoms with E-state index in [1.165, 1.54) is 0 Å². The number of rotatable bonds is 6. The van der Waals surface area contributed by atoms with Gasteiger partial charge < -0.3 is 15.4 Å². The lowest BCUT2D eigenvalue weighted by Crippen LogP contribution is -2.52. The lowest BCUT2D eigenvalue weighted by Gasteiger charge is -2.36. The molecular weight excluding hydrogens is 416 g/mol. The van der Waals surface area contributed by atoms with Crippen LogP contribution < -0.4 is 15.4 Å². The molecule has 2 heterocycles. The molecule has 2 amide bonds. The summed E-state index contributed by atoms with van der Waals surface area (Å²) in [5.41, 5.74) is 1.56. The van der Waals surface area contributed by atoms with Crippen molar-refractivity contribution < 1.29 is 14.3 Å². The van der Waals surface area contributed by atoms with Crippen LogP contribution in [-0.4, -0.2) is 54.8 Å². The van der Waals surface area contributed by atoms with Gasteiger partial charge in [-0.3, -0.25) is 19.5 Å². The molecule has 0 aromatic heterocycles. The van der Waals surface area contributed by atoms with Crippen LogP contribution in [0.25, 0.3) is 0 Å². The number of carbonyl (C=O) groups is 2. The molecule has 2 N–H and O–H groups in total. The summed E-state index contributed by atoms with van der Waals surface area (Å²) < 4.78 is 5.32. The molecule has 1 spiro atoms. The van der Waals surface area contributed by atoms with E-state index in [1.807, 2.05) is 24.3 Å². The highest BCUT2D eigenvalue weighted by atomic mass is 35.5. The topological polar surface area (TPSA) is 83.0 Å². The highest BCUT2D eigenvalue weighted by Gasteiger charge is 2.42. The Hall–Kier alpha value is -2.90. The second-order valence-electron chi connectivity index (χ2n) is 7.82. The SMILES string of the molecule is COc1ccccc1CNC(=O)CN1CCC2(CC1)N=C(c1ccc(Cl)cc1)C(=O)N2. The Balaban J connectivity index is 1.31. The molecule has 162 valence electrons. The molecule has 1 saturated heterocycles. The number of para-hydroxylation sites is 1. The van der Waals surface area contributed by atoms with Gasteiger partial charge in [-0.25, -0.2) is 0 Å². The number of nitrogens with zero attached hydrogens (tertiary/aromatic N) is 2. The number of ether oxygens (including phenoxy) is 1. The molecule has 1 fully saturated rings. The van der Waals surface area contributed by atoms with E-state index in [2.05, 4.69) is 15.5 Å². The molecule has 31 heavy (non-hydrogen) atoms. The summed E-state index contributed by atoms with van der Waals surface area (Å²) >= 11 is 5.94. The zero-order valence-electron chi connectivity index (χ0n) is 17.4. The van der Waals surface area contributed by atoms with Crippen LogP contribution in [0.2, 0.25) is 5.02 Å².